The first-order valence-electron chi connectivity index (χ1n) is 6.86. The smallest absolute Gasteiger partial charge is 0.250 e. The Labute approximate surface area is 126 Å². The molecule has 1 heterocycles. The molecule has 2 N–H and O–H groups in total. The van der Waals surface area contributed by atoms with Crippen LogP contribution in [-0.4, -0.2) is 37.7 Å². The number of rotatable bonds is 4. The van der Waals surface area contributed by atoms with Gasteiger partial charge in [-0.25, -0.2) is 0 Å². The lowest BCUT2D eigenvalue weighted by Gasteiger charge is -2.27. The van der Waals surface area contributed by atoms with E-state index in [9.17, 15) is 4.79 Å². The number of amides is 1. The average Bonchev–Trinajstić information content (AvgIpc) is 2.48. The van der Waals surface area contributed by atoms with E-state index in [2.05, 4.69) is 29.7 Å². The van der Waals surface area contributed by atoms with Crippen LogP contribution in [0.3, 0.4) is 0 Å². The predicted molar refractivity (Wildman–Crippen MR) is 82.3 cm³/mol. The molecule has 0 spiro atoms. The molecule has 112 valence electrons. The van der Waals surface area contributed by atoms with Crippen molar-refractivity contribution in [2.24, 2.45) is 0 Å². The van der Waals surface area contributed by atoms with E-state index in [4.69, 9.17) is 4.74 Å². The summed E-state index contributed by atoms with van der Waals surface area (Å²) in [6.45, 7) is 6.17. The maximum Gasteiger partial charge on any atom is 0.250 e. The van der Waals surface area contributed by atoms with E-state index in [-0.39, 0.29) is 36.4 Å². The zero-order chi connectivity index (χ0) is 13.7. The summed E-state index contributed by atoms with van der Waals surface area (Å²) in [6.07, 6.45) is -0.362. The highest BCUT2D eigenvalue weighted by Crippen LogP contribution is 2.18. The molecular weight excluding hydrogens is 276 g/mol. The van der Waals surface area contributed by atoms with E-state index >= 15 is 0 Å². The number of carbonyl (C=O) groups excluding carboxylic acids is 1. The molecule has 1 amide bonds. The van der Waals surface area contributed by atoms with E-state index in [0.29, 0.717) is 13.2 Å². The highest BCUT2D eigenvalue weighted by atomic mass is 35.5. The molecule has 5 heteroatoms. The SMILES string of the molecule is CC(NC(=O)C1CNCCO1)C(C)c1ccccc1.Cl. The van der Waals surface area contributed by atoms with Crippen LogP contribution in [0.25, 0.3) is 0 Å². The molecule has 0 aliphatic carbocycles. The Balaban J connectivity index is 0.00000200. The number of hydrogen-bond donors (Lipinski definition) is 2. The number of benzene rings is 1. The lowest BCUT2D eigenvalue weighted by Crippen LogP contribution is -2.50. The van der Waals surface area contributed by atoms with Crippen molar-refractivity contribution in [1.82, 2.24) is 10.6 Å². The molecule has 4 nitrogen and oxygen atoms in total. The van der Waals surface area contributed by atoms with E-state index in [1.807, 2.05) is 25.1 Å². The first-order chi connectivity index (χ1) is 9.18. The molecule has 2 rings (SSSR count). The van der Waals surface area contributed by atoms with E-state index in [0.717, 1.165) is 6.54 Å². The van der Waals surface area contributed by atoms with Crippen LogP contribution in [0.1, 0.15) is 25.3 Å². The van der Waals surface area contributed by atoms with Gasteiger partial charge in [0.25, 0.3) is 5.91 Å². The molecule has 0 bridgehead atoms. The predicted octanol–water partition coefficient (Wildman–Crippen LogP) is 1.70. The quantitative estimate of drug-likeness (QED) is 0.890. The van der Waals surface area contributed by atoms with Crippen LogP contribution >= 0.6 is 12.4 Å². The Morgan fingerprint density at radius 3 is 2.65 bits per heavy atom. The second kappa shape index (κ2) is 8.25. The summed E-state index contributed by atoms with van der Waals surface area (Å²) in [5, 5.41) is 6.21. The van der Waals surface area contributed by atoms with Crippen LogP contribution in [0.15, 0.2) is 30.3 Å². The lowest BCUT2D eigenvalue weighted by molar-refractivity contribution is -0.135. The van der Waals surface area contributed by atoms with E-state index in [1.165, 1.54) is 5.56 Å². The highest BCUT2D eigenvalue weighted by Gasteiger charge is 2.24. The largest absolute Gasteiger partial charge is 0.366 e. The van der Waals surface area contributed by atoms with Crippen LogP contribution in [0.2, 0.25) is 0 Å². The highest BCUT2D eigenvalue weighted by molar-refractivity contribution is 5.85. The molecule has 1 saturated heterocycles. The van der Waals surface area contributed by atoms with Crippen LogP contribution in [-0.2, 0) is 9.53 Å². The van der Waals surface area contributed by atoms with Gasteiger partial charge in [-0.1, -0.05) is 37.3 Å². The molecule has 0 aromatic heterocycles. The van der Waals surface area contributed by atoms with Crippen molar-refractivity contribution >= 4 is 18.3 Å². The molecule has 20 heavy (non-hydrogen) atoms. The Morgan fingerprint density at radius 1 is 1.35 bits per heavy atom. The van der Waals surface area contributed by atoms with Gasteiger partial charge >= 0.3 is 0 Å². The van der Waals surface area contributed by atoms with Gasteiger partial charge in [-0.3, -0.25) is 4.79 Å². The van der Waals surface area contributed by atoms with Crippen molar-refractivity contribution < 1.29 is 9.53 Å². The minimum absolute atomic E-state index is 0. The zero-order valence-corrected chi connectivity index (χ0v) is 12.8. The third kappa shape index (κ3) is 4.47. The number of nitrogens with one attached hydrogen (secondary N) is 2. The van der Waals surface area contributed by atoms with Crippen LogP contribution in [0.5, 0.6) is 0 Å². The normalized spacial score (nSPS) is 21.4. The number of morpholine rings is 1. The summed E-state index contributed by atoms with van der Waals surface area (Å²) in [5.74, 6) is 0.254. The van der Waals surface area contributed by atoms with Crippen LogP contribution in [0, 0.1) is 0 Å². The van der Waals surface area contributed by atoms with Gasteiger partial charge < -0.3 is 15.4 Å². The molecule has 1 aromatic carbocycles. The Bertz CT molecular complexity index is 408. The van der Waals surface area contributed by atoms with Crippen molar-refractivity contribution in [1.29, 1.82) is 0 Å². The zero-order valence-electron chi connectivity index (χ0n) is 12.0. The summed E-state index contributed by atoms with van der Waals surface area (Å²) in [4.78, 5) is 12.1. The fourth-order valence-corrected chi connectivity index (χ4v) is 2.22. The number of hydrogen-bond acceptors (Lipinski definition) is 3. The fourth-order valence-electron chi connectivity index (χ4n) is 2.22. The van der Waals surface area contributed by atoms with Crippen LogP contribution in [0.4, 0.5) is 0 Å². The third-order valence-electron chi connectivity index (χ3n) is 3.67. The van der Waals surface area contributed by atoms with Gasteiger partial charge in [0, 0.05) is 25.0 Å². The van der Waals surface area contributed by atoms with Gasteiger partial charge in [0.2, 0.25) is 0 Å². The Kier molecular flexibility index (Phi) is 6.99. The topological polar surface area (TPSA) is 50.4 Å². The molecule has 1 fully saturated rings. The molecule has 1 aliphatic heterocycles. The van der Waals surface area contributed by atoms with Gasteiger partial charge in [0.15, 0.2) is 0 Å². The van der Waals surface area contributed by atoms with Gasteiger partial charge in [-0.15, -0.1) is 12.4 Å². The number of halogens is 1. The van der Waals surface area contributed by atoms with Gasteiger partial charge in [0.05, 0.1) is 6.61 Å². The number of ether oxygens (including phenoxy) is 1. The number of carbonyl (C=O) groups is 1. The Hall–Kier alpha value is -1.10. The van der Waals surface area contributed by atoms with Crippen molar-refractivity contribution in [3.05, 3.63) is 35.9 Å². The van der Waals surface area contributed by atoms with Crippen molar-refractivity contribution in [2.45, 2.75) is 31.9 Å². The minimum Gasteiger partial charge on any atom is -0.366 e. The van der Waals surface area contributed by atoms with Crippen molar-refractivity contribution in [3.8, 4) is 0 Å². The van der Waals surface area contributed by atoms with Crippen molar-refractivity contribution in [3.63, 3.8) is 0 Å². The average molecular weight is 299 g/mol. The van der Waals surface area contributed by atoms with E-state index < -0.39 is 0 Å². The van der Waals surface area contributed by atoms with Gasteiger partial charge in [-0.05, 0) is 12.5 Å². The molecular formula is C15H23ClN2O2. The van der Waals surface area contributed by atoms with Crippen molar-refractivity contribution in [2.75, 3.05) is 19.7 Å². The summed E-state index contributed by atoms with van der Waals surface area (Å²) in [5.41, 5.74) is 1.23. The first-order valence-corrected chi connectivity index (χ1v) is 6.86. The molecule has 1 aromatic rings. The molecule has 3 atom stereocenters. The first kappa shape index (κ1) is 17.0. The second-order valence-electron chi connectivity index (χ2n) is 5.06. The molecule has 0 saturated carbocycles. The summed E-state index contributed by atoms with van der Waals surface area (Å²) >= 11 is 0. The van der Waals surface area contributed by atoms with E-state index in [1.54, 1.807) is 0 Å². The third-order valence-corrected chi connectivity index (χ3v) is 3.67. The fraction of sp³-hybridized carbons (Fsp3) is 0.533. The minimum atomic E-state index is -0.362. The van der Waals surface area contributed by atoms with Gasteiger partial charge in [0.1, 0.15) is 6.10 Å². The maximum absolute atomic E-state index is 12.1. The standard InChI is InChI=1S/C15H22N2O2.ClH/c1-11(13-6-4-3-5-7-13)12(2)17-15(18)14-10-16-8-9-19-14;/h3-7,11-12,14,16H,8-10H2,1-2H3,(H,17,18);1H. The summed E-state index contributed by atoms with van der Waals surface area (Å²) < 4.78 is 5.45. The molecule has 3 unspecified atom stereocenters. The lowest BCUT2D eigenvalue weighted by atomic mass is 9.94. The second-order valence-corrected chi connectivity index (χ2v) is 5.06. The molecule has 1 aliphatic rings. The summed E-state index contributed by atoms with van der Waals surface area (Å²) in [7, 11) is 0. The monoisotopic (exact) mass is 298 g/mol. The Morgan fingerprint density at radius 2 is 2.05 bits per heavy atom. The van der Waals surface area contributed by atoms with Crippen LogP contribution < -0.4 is 10.6 Å². The maximum atomic E-state index is 12.1. The molecule has 0 radical (unpaired) electrons. The van der Waals surface area contributed by atoms with Gasteiger partial charge in [-0.2, -0.15) is 0 Å². The summed E-state index contributed by atoms with van der Waals surface area (Å²) in [6, 6.07) is 10.3.